The average molecular weight is 585 g/mol. The van der Waals surface area contributed by atoms with Crippen LogP contribution in [0.4, 0.5) is 0 Å². The molecule has 2 aliphatic rings. The quantitative estimate of drug-likeness (QED) is 0.310. The predicted molar refractivity (Wildman–Crippen MR) is 163 cm³/mol. The van der Waals surface area contributed by atoms with Crippen molar-refractivity contribution in [1.82, 2.24) is 15.2 Å². The van der Waals surface area contributed by atoms with Gasteiger partial charge in [-0.2, -0.15) is 0 Å². The van der Waals surface area contributed by atoms with Gasteiger partial charge in [0.25, 0.3) is 0 Å². The van der Waals surface area contributed by atoms with Gasteiger partial charge in [0.15, 0.2) is 5.17 Å². The molecule has 0 radical (unpaired) electrons. The molecule has 10 heteroatoms. The van der Waals surface area contributed by atoms with Gasteiger partial charge in [-0.3, -0.25) is 9.78 Å². The van der Waals surface area contributed by atoms with Crippen LogP contribution in [0.2, 0.25) is 0 Å². The van der Waals surface area contributed by atoms with E-state index in [-0.39, 0.29) is 18.9 Å². The third-order valence-corrected chi connectivity index (χ3v) is 7.74. The van der Waals surface area contributed by atoms with Gasteiger partial charge in [-0.15, -0.1) is 0 Å². The van der Waals surface area contributed by atoms with Gasteiger partial charge in [0.2, 0.25) is 5.91 Å². The molecule has 1 amide bonds. The number of thioether (sulfide) groups is 1. The molecule has 9 nitrogen and oxygen atoms in total. The number of benzene rings is 2. The van der Waals surface area contributed by atoms with E-state index in [2.05, 4.69) is 10.3 Å². The molecule has 0 saturated carbocycles. The Bertz CT molecular complexity index is 1540. The summed E-state index contributed by atoms with van der Waals surface area (Å²) in [6.07, 6.45) is 2.45. The summed E-state index contributed by atoms with van der Waals surface area (Å²) in [5.74, 6) is 0.521. The number of nitrogens with zero attached hydrogens (tertiary/aromatic N) is 3. The van der Waals surface area contributed by atoms with E-state index < -0.39 is 12.0 Å². The second-order valence-electron chi connectivity index (χ2n) is 9.45. The molecule has 0 aliphatic carbocycles. The van der Waals surface area contributed by atoms with Crippen LogP contribution in [0.5, 0.6) is 11.5 Å². The first-order valence-corrected chi connectivity index (χ1v) is 14.5. The molecule has 3 aromatic rings. The third-order valence-electron chi connectivity index (χ3n) is 6.86. The van der Waals surface area contributed by atoms with Crippen LogP contribution < -0.4 is 14.8 Å². The van der Waals surface area contributed by atoms with Crippen molar-refractivity contribution >= 4 is 34.5 Å². The number of amides is 1. The van der Waals surface area contributed by atoms with Crippen LogP contribution in [0.25, 0.3) is 5.70 Å². The summed E-state index contributed by atoms with van der Waals surface area (Å²) < 4.78 is 16.9. The van der Waals surface area contributed by atoms with Crippen LogP contribution in [0.3, 0.4) is 0 Å². The Morgan fingerprint density at radius 3 is 2.55 bits per heavy atom. The average Bonchev–Trinajstić information content (AvgIpc) is 3.42. The highest BCUT2D eigenvalue weighted by molar-refractivity contribution is 8.16. The SMILES string of the molecule is CCOC(=O)C1=C(c2ccccc2)N=C2SC=C(CC(=O)NCCc3ccccn3)N2C1c1cc(OC)ccc1OC. The first-order valence-electron chi connectivity index (χ1n) is 13.6. The van der Waals surface area contributed by atoms with Crippen molar-refractivity contribution in [2.75, 3.05) is 27.4 Å². The molecule has 3 heterocycles. The van der Waals surface area contributed by atoms with E-state index in [0.29, 0.717) is 52.2 Å². The summed E-state index contributed by atoms with van der Waals surface area (Å²) >= 11 is 1.41. The van der Waals surface area contributed by atoms with Crippen molar-refractivity contribution in [3.05, 3.63) is 106 Å². The van der Waals surface area contributed by atoms with Crippen LogP contribution in [0, 0.1) is 0 Å². The minimum absolute atomic E-state index is 0.0911. The van der Waals surface area contributed by atoms with Gasteiger partial charge in [-0.25, -0.2) is 9.79 Å². The zero-order chi connectivity index (χ0) is 29.5. The van der Waals surface area contributed by atoms with Gasteiger partial charge >= 0.3 is 5.97 Å². The highest BCUT2D eigenvalue weighted by Gasteiger charge is 2.43. The highest BCUT2D eigenvalue weighted by atomic mass is 32.2. The number of rotatable bonds is 11. The molecule has 216 valence electrons. The normalized spacial score (nSPS) is 15.9. The summed E-state index contributed by atoms with van der Waals surface area (Å²) in [7, 11) is 3.17. The van der Waals surface area contributed by atoms with E-state index in [4.69, 9.17) is 19.2 Å². The molecule has 0 saturated heterocycles. The van der Waals surface area contributed by atoms with Crippen LogP contribution >= 0.6 is 11.8 Å². The Morgan fingerprint density at radius 2 is 1.83 bits per heavy atom. The molecule has 2 aliphatic heterocycles. The van der Waals surface area contributed by atoms with Gasteiger partial charge in [-0.05, 0) is 42.7 Å². The van der Waals surface area contributed by atoms with E-state index in [1.54, 1.807) is 33.4 Å². The van der Waals surface area contributed by atoms with Crippen molar-refractivity contribution in [3.63, 3.8) is 0 Å². The number of hydrogen-bond donors (Lipinski definition) is 1. The first kappa shape index (κ1) is 28.9. The van der Waals surface area contributed by atoms with E-state index in [1.165, 1.54) is 11.8 Å². The molecule has 1 aromatic heterocycles. The van der Waals surface area contributed by atoms with Crippen LogP contribution in [-0.4, -0.2) is 54.3 Å². The number of pyridine rings is 1. The van der Waals surface area contributed by atoms with E-state index in [0.717, 1.165) is 11.3 Å². The molecule has 1 N–H and O–H groups in total. The lowest BCUT2D eigenvalue weighted by molar-refractivity contribution is -0.139. The van der Waals surface area contributed by atoms with Gasteiger partial charge in [-0.1, -0.05) is 48.2 Å². The Hall–Kier alpha value is -4.57. The minimum Gasteiger partial charge on any atom is -0.497 e. The Labute approximate surface area is 249 Å². The van der Waals surface area contributed by atoms with Gasteiger partial charge < -0.3 is 24.4 Å². The van der Waals surface area contributed by atoms with Crippen molar-refractivity contribution in [2.24, 2.45) is 4.99 Å². The van der Waals surface area contributed by atoms with E-state index in [9.17, 15) is 9.59 Å². The van der Waals surface area contributed by atoms with Crippen molar-refractivity contribution in [3.8, 4) is 11.5 Å². The number of carbonyl (C=O) groups is 2. The Morgan fingerprint density at radius 1 is 1.02 bits per heavy atom. The fourth-order valence-electron chi connectivity index (χ4n) is 4.94. The molecule has 0 bridgehead atoms. The summed E-state index contributed by atoms with van der Waals surface area (Å²) in [5.41, 5.74) is 3.93. The van der Waals surface area contributed by atoms with Crippen LogP contribution in [0.1, 0.15) is 36.2 Å². The maximum Gasteiger partial charge on any atom is 0.338 e. The van der Waals surface area contributed by atoms with E-state index >= 15 is 0 Å². The number of hydrogen-bond acceptors (Lipinski definition) is 9. The number of esters is 1. The Kier molecular flexibility index (Phi) is 9.23. The summed E-state index contributed by atoms with van der Waals surface area (Å²) in [5, 5.41) is 5.55. The maximum atomic E-state index is 13.8. The monoisotopic (exact) mass is 584 g/mol. The molecule has 42 heavy (non-hydrogen) atoms. The second kappa shape index (κ2) is 13.4. The van der Waals surface area contributed by atoms with Crippen molar-refractivity contribution in [1.29, 1.82) is 0 Å². The largest absolute Gasteiger partial charge is 0.497 e. The molecule has 1 atom stereocenters. The lowest BCUT2D eigenvalue weighted by Crippen LogP contribution is -2.38. The Balaban J connectivity index is 1.54. The third kappa shape index (κ3) is 6.18. The molecule has 5 rings (SSSR count). The number of aliphatic imine (C=N–C) groups is 1. The zero-order valence-corrected chi connectivity index (χ0v) is 24.5. The molecule has 2 aromatic carbocycles. The number of carbonyl (C=O) groups excluding carboxylic acids is 2. The number of amidine groups is 1. The highest BCUT2D eigenvalue weighted by Crippen LogP contribution is 2.49. The van der Waals surface area contributed by atoms with Crippen LogP contribution in [0.15, 0.2) is 94.6 Å². The maximum absolute atomic E-state index is 13.8. The minimum atomic E-state index is -0.695. The standard InChI is InChI=1S/C32H32N4O5S/c1-4-41-31(38)28-29(21-10-6-5-7-11-21)35-32-36(30(28)25-19-24(39-2)13-14-26(25)40-3)23(20-42-32)18-27(37)34-17-15-22-12-8-9-16-33-22/h5-14,16,19-20,30H,4,15,17-18H2,1-3H3,(H,34,37). The topological polar surface area (TPSA) is 102 Å². The van der Waals surface area contributed by atoms with E-state index in [1.807, 2.05) is 71.0 Å². The fraction of sp³-hybridized carbons (Fsp3) is 0.250. The molecule has 0 fully saturated rings. The number of ether oxygens (including phenoxy) is 3. The second-order valence-corrected chi connectivity index (χ2v) is 10.3. The van der Waals surface area contributed by atoms with Gasteiger partial charge in [0.1, 0.15) is 11.5 Å². The molecular formula is C32H32N4O5S. The number of methoxy groups -OCH3 is 2. The molecule has 0 spiro atoms. The summed E-state index contributed by atoms with van der Waals surface area (Å²) in [6, 6.07) is 20.0. The number of nitrogens with one attached hydrogen (secondary N) is 1. The zero-order valence-electron chi connectivity index (χ0n) is 23.7. The first-order chi connectivity index (χ1) is 20.5. The summed E-state index contributed by atoms with van der Waals surface area (Å²) in [6.45, 7) is 2.42. The molecule has 1 unspecified atom stereocenters. The van der Waals surface area contributed by atoms with Gasteiger partial charge in [0.05, 0.1) is 44.6 Å². The van der Waals surface area contributed by atoms with Crippen molar-refractivity contribution < 1.29 is 23.8 Å². The number of fused-ring (bicyclic) bond motifs is 1. The fourth-order valence-corrected chi connectivity index (χ4v) is 5.86. The lowest BCUT2D eigenvalue weighted by Gasteiger charge is -2.37. The summed E-state index contributed by atoms with van der Waals surface area (Å²) in [4.78, 5) is 38.1. The predicted octanol–water partition coefficient (Wildman–Crippen LogP) is 5.12. The van der Waals surface area contributed by atoms with Crippen LogP contribution in [-0.2, 0) is 20.7 Å². The smallest absolute Gasteiger partial charge is 0.338 e. The lowest BCUT2D eigenvalue weighted by atomic mass is 9.90. The van der Waals surface area contributed by atoms with Crippen molar-refractivity contribution in [2.45, 2.75) is 25.8 Å². The number of aromatic nitrogens is 1. The van der Waals surface area contributed by atoms with Gasteiger partial charge in [0, 0.05) is 41.7 Å². The molecular weight excluding hydrogens is 552 g/mol.